The summed E-state index contributed by atoms with van der Waals surface area (Å²) in [6.07, 6.45) is 3.86. The molecule has 18 heavy (non-hydrogen) atoms. The minimum absolute atomic E-state index is 0.0773. The molecule has 3 atom stereocenters. The highest BCUT2D eigenvalue weighted by Crippen LogP contribution is 2.43. The monoisotopic (exact) mass is 312 g/mol. The van der Waals surface area contributed by atoms with Gasteiger partial charge in [-0.25, -0.2) is 4.98 Å². The topological polar surface area (TPSA) is 55.0 Å². The summed E-state index contributed by atoms with van der Waals surface area (Å²) in [6.45, 7) is 4.10. The first-order valence-corrected chi connectivity index (χ1v) is 7.30. The maximum Gasteiger partial charge on any atom is 0.265 e. The second-order valence-electron chi connectivity index (χ2n) is 5.52. The number of nitrogens with one attached hydrogen (secondary N) is 1. The van der Waals surface area contributed by atoms with E-state index in [0.29, 0.717) is 10.6 Å². The van der Waals surface area contributed by atoms with Crippen molar-refractivity contribution in [3.8, 4) is 0 Å². The maximum atomic E-state index is 11.9. The van der Waals surface area contributed by atoms with E-state index in [1.165, 1.54) is 0 Å². The van der Waals surface area contributed by atoms with Crippen LogP contribution in [0.2, 0.25) is 0 Å². The Bertz CT molecular complexity index is 526. The molecule has 5 heteroatoms. The molecule has 0 saturated carbocycles. The Morgan fingerprint density at radius 3 is 2.78 bits per heavy atom. The lowest BCUT2D eigenvalue weighted by atomic mass is 9.88. The van der Waals surface area contributed by atoms with Crippen LogP contribution in [0.3, 0.4) is 0 Å². The third kappa shape index (κ3) is 1.93. The maximum absolute atomic E-state index is 11.9. The molecule has 2 aliphatic rings. The van der Waals surface area contributed by atoms with Crippen LogP contribution in [0.25, 0.3) is 0 Å². The third-order valence-electron chi connectivity index (χ3n) is 3.91. The summed E-state index contributed by atoms with van der Waals surface area (Å²) < 4.78 is 6.40. The predicted molar refractivity (Wildman–Crippen MR) is 71.9 cm³/mol. The summed E-state index contributed by atoms with van der Waals surface area (Å²) in [5, 5.41) is 0. The summed E-state index contributed by atoms with van der Waals surface area (Å²) in [7, 11) is 0. The van der Waals surface area contributed by atoms with Gasteiger partial charge in [-0.15, -0.1) is 0 Å². The van der Waals surface area contributed by atoms with E-state index >= 15 is 0 Å². The van der Waals surface area contributed by atoms with Crippen LogP contribution in [0.5, 0.6) is 0 Å². The van der Waals surface area contributed by atoms with Gasteiger partial charge >= 0.3 is 0 Å². The predicted octanol–water partition coefficient (Wildman–Crippen LogP) is 2.69. The molecule has 0 spiro atoms. The molecule has 0 amide bonds. The van der Waals surface area contributed by atoms with E-state index in [0.717, 1.165) is 30.8 Å². The van der Waals surface area contributed by atoms with E-state index in [4.69, 9.17) is 4.74 Å². The van der Waals surface area contributed by atoms with Crippen LogP contribution in [0, 0.1) is 0 Å². The number of hydrogen-bond donors (Lipinski definition) is 1. The van der Waals surface area contributed by atoms with Crippen LogP contribution in [-0.4, -0.2) is 22.2 Å². The van der Waals surface area contributed by atoms with Crippen LogP contribution in [0.15, 0.2) is 9.27 Å². The first-order valence-electron chi connectivity index (χ1n) is 6.51. The number of rotatable bonds is 2. The molecule has 98 valence electrons. The molecule has 2 fully saturated rings. The number of nitrogens with zero attached hydrogens (tertiary/aromatic N) is 1. The van der Waals surface area contributed by atoms with Crippen molar-refractivity contribution in [1.29, 1.82) is 0 Å². The van der Waals surface area contributed by atoms with Gasteiger partial charge in [0.25, 0.3) is 5.56 Å². The summed E-state index contributed by atoms with van der Waals surface area (Å²) in [4.78, 5) is 19.5. The second kappa shape index (κ2) is 4.46. The van der Waals surface area contributed by atoms with Gasteiger partial charge in [0.15, 0.2) is 0 Å². The van der Waals surface area contributed by atoms with Crippen molar-refractivity contribution in [2.45, 2.75) is 57.2 Å². The van der Waals surface area contributed by atoms with E-state index in [9.17, 15) is 4.79 Å². The van der Waals surface area contributed by atoms with Crippen molar-refractivity contribution in [2.24, 2.45) is 0 Å². The summed E-state index contributed by atoms with van der Waals surface area (Å²) in [5.41, 5.74) is 0.767. The quantitative estimate of drug-likeness (QED) is 0.913. The molecule has 1 N–H and O–H groups in total. The summed E-state index contributed by atoms with van der Waals surface area (Å²) in [5.74, 6) is 1.31. The van der Waals surface area contributed by atoms with Crippen LogP contribution in [0.1, 0.15) is 56.5 Å². The van der Waals surface area contributed by atoms with Crippen molar-refractivity contribution in [2.75, 3.05) is 0 Å². The van der Waals surface area contributed by atoms with Crippen LogP contribution in [0.4, 0.5) is 0 Å². The molecule has 1 aromatic rings. The standard InChI is InChI=1S/C13H17BrN2O2/c1-6(2)11-10(14)13(17)16-12(15-11)8-5-7-3-4-9(8)18-7/h6-9H,3-5H2,1-2H3,(H,15,16,17). The zero-order chi connectivity index (χ0) is 12.9. The fourth-order valence-corrected chi connectivity index (χ4v) is 3.62. The summed E-state index contributed by atoms with van der Waals surface area (Å²) in [6, 6.07) is 0. The number of hydrogen-bond acceptors (Lipinski definition) is 3. The molecule has 4 nitrogen and oxygen atoms in total. The average Bonchev–Trinajstić information content (AvgIpc) is 2.94. The first-order chi connectivity index (χ1) is 8.56. The first kappa shape index (κ1) is 12.4. The van der Waals surface area contributed by atoms with Crippen molar-refractivity contribution in [3.05, 3.63) is 26.3 Å². The number of aromatic nitrogens is 2. The molecular weight excluding hydrogens is 296 g/mol. The van der Waals surface area contributed by atoms with Gasteiger partial charge in [-0.3, -0.25) is 4.79 Å². The van der Waals surface area contributed by atoms with E-state index in [-0.39, 0.29) is 23.5 Å². The van der Waals surface area contributed by atoms with Crippen LogP contribution in [-0.2, 0) is 4.74 Å². The van der Waals surface area contributed by atoms with E-state index in [2.05, 4.69) is 25.9 Å². The van der Waals surface area contributed by atoms with Crippen molar-refractivity contribution in [3.63, 3.8) is 0 Å². The Labute approximate surface area is 114 Å². The van der Waals surface area contributed by atoms with Gasteiger partial charge in [0.1, 0.15) is 10.3 Å². The molecule has 2 aliphatic heterocycles. The van der Waals surface area contributed by atoms with E-state index in [1.807, 2.05) is 13.8 Å². The average molecular weight is 313 g/mol. The van der Waals surface area contributed by atoms with E-state index in [1.54, 1.807) is 0 Å². The van der Waals surface area contributed by atoms with Gasteiger partial charge in [0.2, 0.25) is 0 Å². The van der Waals surface area contributed by atoms with Crippen molar-refractivity contribution < 1.29 is 4.74 Å². The van der Waals surface area contributed by atoms with Gasteiger partial charge in [-0.1, -0.05) is 13.8 Å². The number of fused-ring (bicyclic) bond motifs is 2. The molecule has 1 aromatic heterocycles. The zero-order valence-corrected chi connectivity index (χ0v) is 12.2. The van der Waals surface area contributed by atoms with Gasteiger partial charge < -0.3 is 9.72 Å². The minimum Gasteiger partial charge on any atom is -0.374 e. The minimum atomic E-state index is -0.0773. The normalized spacial score (nSPS) is 30.3. The van der Waals surface area contributed by atoms with Gasteiger partial charge in [-0.2, -0.15) is 0 Å². The Morgan fingerprint density at radius 2 is 2.22 bits per heavy atom. The smallest absolute Gasteiger partial charge is 0.265 e. The molecule has 0 aromatic carbocycles. The Balaban J connectivity index is 2.00. The molecule has 3 rings (SSSR count). The highest BCUT2D eigenvalue weighted by Gasteiger charge is 2.42. The molecule has 0 radical (unpaired) electrons. The highest BCUT2D eigenvalue weighted by atomic mass is 79.9. The van der Waals surface area contributed by atoms with Crippen LogP contribution >= 0.6 is 15.9 Å². The number of H-pyrrole nitrogens is 1. The Morgan fingerprint density at radius 1 is 1.44 bits per heavy atom. The second-order valence-corrected chi connectivity index (χ2v) is 6.31. The lowest BCUT2D eigenvalue weighted by Crippen LogP contribution is -2.23. The van der Waals surface area contributed by atoms with Gasteiger partial charge in [0, 0.05) is 5.92 Å². The largest absolute Gasteiger partial charge is 0.374 e. The Kier molecular flexibility index (Phi) is 3.06. The third-order valence-corrected chi connectivity index (χ3v) is 4.68. The highest BCUT2D eigenvalue weighted by molar-refractivity contribution is 9.10. The lowest BCUT2D eigenvalue weighted by molar-refractivity contribution is 0.0998. The number of ether oxygens (including phenoxy) is 1. The molecule has 0 aliphatic carbocycles. The molecule has 2 bridgehead atoms. The SMILES string of the molecule is CC(C)c1nc(C2CC3CCC2O3)[nH]c(=O)c1Br. The fourth-order valence-electron chi connectivity index (χ4n) is 2.98. The van der Waals surface area contributed by atoms with E-state index < -0.39 is 0 Å². The van der Waals surface area contributed by atoms with Gasteiger partial charge in [0.05, 0.1) is 17.9 Å². The molecule has 3 unspecified atom stereocenters. The fraction of sp³-hybridized carbons (Fsp3) is 0.692. The lowest BCUT2D eigenvalue weighted by Gasteiger charge is -2.19. The summed E-state index contributed by atoms with van der Waals surface area (Å²) >= 11 is 3.33. The van der Waals surface area contributed by atoms with Gasteiger partial charge in [-0.05, 0) is 41.1 Å². The molecule has 3 heterocycles. The van der Waals surface area contributed by atoms with Crippen molar-refractivity contribution in [1.82, 2.24) is 9.97 Å². The number of halogens is 1. The molecular formula is C13H17BrN2O2. The molecule has 2 saturated heterocycles. The Hall–Kier alpha value is -0.680. The number of aromatic amines is 1. The van der Waals surface area contributed by atoms with Crippen molar-refractivity contribution >= 4 is 15.9 Å². The zero-order valence-electron chi connectivity index (χ0n) is 10.6. The van der Waals surface area contributed by atoms with Crippen LogP contribution < -0.4 is 5.56 Å².